The Morgan fingerprint density at radius 1 is 1.09 bits per heavy atom. The van der Waals surface area contributed by atoms with Crippen molar-refractivity contribution in [2.75, 3.05) is 11.9 Å². The highest BCUT2D eigenvalue weighted by Crippen LogP contribution is 2.46. The third kappa shape index (κ3) is 2.23. The first-order valence-electron chi connectivity index (χ1n) is 7.26. The Balaban J connectivity index is 2.01. The smallest absolute Gasteiger partial charge is 0.187 e. The van der Waals surface area contributed by atoms with Crippen LogP contribution in [-0.4, -0.2) is 12.8 Å². The number of carbonyl (C=O) groups is 1. The third-order valence-electron chi connectivity index (χ3n) is 4.34. The molecule has 0 bridgehead atoms. The lowest BCUT2D eigenvalue weighted by Gasteiger charge is -2.23. The number of ketones is 1. The van der Waals surface area contributed by atoms with Crippen molar-refractivity contribution >= 4 is 11.5 Å². The van der Waals surface area contributed by atoms with E-state index in [1.807, 2.05) is 19.2 Å². The summed E-state index contributed by atoms with van der Waals surface area (Å²) in [4.78, 5) is 14.5. The minimum atomic E-state index is -0.338. The molecule has 0 spiro atoms. The maximum Gasteiger partial charge on any atom is 0.187 e. The zero-order valence-corrected chi connectivity index (χ0v) is 12.9. The zero-order valence-electron chi connectivity index (χ0n) is 12.9. The molecule has 0 fully saturated rings. The number of fused-ring (bicyclic) bond motifs is 1. The molecule has 0 saturated heterocycles. The lowest BCUT2D eigenvalue weighted by atomic mass is 9.83. The van der Waals surface area contributed by atoms with Gasteiger partial charge in [-0.15, -0.1) is 0 Å². The summed E-state index contributed by atoms with van der Waals surface area (Å²) in [7, 11) is 1.97. The molecule has 112 valence electrons. The molecule has 0 atom stereocenters. The Morgan fingerprint density at radius 2 is 1.73 bits per heavy atom. The van der Waals surface area contributed by atoms with E-state index in [0.717, 1.165) is 11.4 Å². The average Bonchev–Trinajstić information content (AvgIpc) is 2.69. The fourth-order valence-electron chi connectivity index (χ4n) is 3.08. The normalized spacial score (nSPS) is 17.6. The van der Waals surface area contributed by atoms with Crippen LogP contribution in [0.3, 0.4) is 0 Å². The molecule has 0 unspecified atom stereocenters. The van der Waals surface area contributed by atoms with E-state index >= 15 is 0 Å². The number of benzene rings is 2. The molecule has 1 heterocycles. The van der Waals surface area contributed by atoms with Crippen molar-refractivity contribution in [3.05, 3.63) is 77.2 Å². The highest BCUT2D eigenvalue weighted by molar-refractivity contribution is 6.05. The molecule has 0 aromatic heterocycles. The maximum atomic E-state index is 13.0. The second-order valence-electron chi connectivity index (χ2n) is 6.10. The number of hydrogen-bond acceptors (Lipinski definition) is 2. The molecule has 3 heteroatoms. The molecule has 22 heavy (non-hydrogen) atoms. The van der Waals surface area contributed by atoms with Gasteiger partial charge in [-0.2, -0.15) is 0 Å². The first kappa shape index (κ1) is 14.5. The van der Waals surface area contributed by atoms with E-state index in [9.17, 15) is 9.18 Å². The number of para-hydroxylation sites is 1. The fraction of sp³-hybridized carbons (Fsp3) is 0.211. The predicted octanol–water partition coefficient (Wildman–Crippen LogP) is 4.32. The summed E-state index contributed by atoms with van der Waals surface area (Å²) in [6.45, 7) is 4.22. The van der Waals surface area contributed by atoms with Crippen LogP contribution in [0.1, 0.15) is 29.8 Å². The van der Waals surface area contributed by atoms with Crippen molar-refractivity contribution in [3.8, 4) is 0 Å². The Morgan fingerprint density at radius 3 is 2.36 bits per heavy atom. The van der Waals surface area contributed by atoms with E-state index in [4.69, 9.17) is 0 Å². The number of hydrogen-bond donors (Lipinski definition) is 0. The molecule has 0 radical (unpaired) electrons. The van der Waals surface area contributed by atoms with Gasteiger partial charge in [-0.1, -0.05) is 32.0 Å². The van der Waals surface area contributed by atoms with Crippen LogP contribution in [0.15, 0.2) is 60.3 Å². The Hall–Kier alpha value is -2.42. The maximum absolute atomic E-state index is 13.0. The molecule has 1 aliphatic heterocycles. The van der Waals surface area contributed by atoms with Crippen molar-refractivity contribution in [1.82, 2.24) is 0 Å². The summed E-state index contributed by atoms with van der Waals surface area (Å²) >= 11 is 0. The molecular formula is C19H18FNO. The summed E-state index contributed by atoms with van der Waals surface area (Å²) in [6.07, 6.45) is 1.66. The first-order chi connectivity index (χ1) is 10.4. The van der Waals surface area contributed by atoms with Gasteiger partial charge in [0.15, 0.2) is 5.78 Å². The molecule has 0 saturated carbocycles. The number of anilines is 1. The Kier molecular flexibility index (Phi) is 3.36. The van der Waals surface area contributed by atoms with E-state index in [0.29, 0.717) is 5.56 Å². The number of halogens is 1. The van der Waals surface area contributed by atoms with Gasteiger partial charge in [-0.3, -0.25) is 4.79 Å². The first-order valence-corrected chi connectivity index (χ1v) is 7.26. The van der Waals surface area contributed by atoms with Crippen LogP contribution in [-0.2, 0) is 5.41 Å². The average molecular weight is 295 g/mol. The van der Waals surface area contributed by atoms with Crippen molar-refractivity contribution in [1.29, 1.82) is 0 Å². The van der Waals surface area contributed by atoms with Crippen LogP contribution < -0.4 is 4.90 Å². The molecule has 2 aromatic rings. The van der Waals surface area contributed by atoms with Gasteiger partial charge in [0.1, 0.15) is 5.82 Å². The number of carbonyl (C=O) groups excluding carboxylic acids is 1. The van der Waals surface area contributed by atoms with E-state index in [2.05, 4.69) is 30.9 Å². The standard InChI is InChI=1S/C19H18FNO/c1-19(2)15-6-4-5-7-16(15)21(3)18(19)12-17(22)13-8-10-14(20)11-9-13/h4-12H,1-3H3/b18-12-. The van der Waals surface area contributed by atoms with Crippen LogP contribution in [0.25, 0.3) is 0 Å². The van der Waals surface area contributed by atoms with Crippen molar-refractivity contribution in [2.24, 2.45) is 0 Å². The molecular weight excluding hydrogens is 277 g/mol. The fourth-order valence-corrected chi connectivity index (χ4v) is 3.08. The summed E-state index contributed by atoms with van der Waals surface area (Å²) in [5.74, 6) is -0.447. The number of allylic oxidation sites excluding steroid dienone is 2. The summed E-state index contributed by atoms with van der Waals surface area (Å²) in [6, 6.07) is 13.8. The Labute approximate surface area is 129 Å². The summed E-state index contributed by atoms with van der Waals surface area (Å²) in [5, 5.41) is 0. The molecule has 0 aliphatic carbocycles. The highest BCUT2D eigenvalue weighted by Gasteiger charge is 2.38. The number of likely N-dealkylation sites (N-methyl/N-ethyl adjacent to an activating group) is 1. The van der Waals surface area contributed by atoms with E-state index in [1.54, 1.807) is 6.08 Å². The molecule has 3 rings (SSSR count). The van der Waals surface area contributed by atoms with E-state index < -0.39 is 0 Å². The summed E-state index contributed by atoms with van der Waals surface area (Å²) < 4.78 is 13.0. The minimum Gasteiger partial charge on any atom is -0.347 e. The van der Waals surface area contributed by atoms with Gasteiger partial charge >= 0.3 is 0 Å². The largest absolute Gasteiger partial charge is 0.347 e. The predicted molar refractivity (Wildman–Crippen MR) is 86.7 cm³/mol. The zero-order chi connectivity index (χ0) is 15.9. The topological polar surface area (TPSA) is 20.3 Å². The van der Waals surface area contributed by atoms with Gasteiger partial charge in [0.25, 0.3) is 0 Å². The van der Waals surface area contributed by atoms with Gasteiger partial charge in [-0.25, -0.2) is 4.39 Å². The lowest BCUT2D eigenvalue weighted by molar-refractivity contribution is 0.104. The summed E-state index contributed by atoms with van der Waals surface area (Å²) in [5.41, 5.74) is 3.53. The molecule has 2 aromatic carbocycles. The minimum absolute atomic E-state index is 0.109. The van der Waals surface area contributed by atoms with Crippen LogP contribution in [0.5, 0.6) is 0 Å². The monoisotopic (exact) mass is 295 g/mol. The van der Waals surface area contributed by atoms with Crippen LogP contribution in [0, 0.1) is 5.82 Å². The van der Waals surface area contributed by atoms with Crippen LogP contribution in [0.4, 0.5) is 10.1 Å². The SMILES string of the molecule is CN1/C(=C\C(=O)c2ccc(F)cc2)C(C)(C)c2ccccc21. The van der Waals surface area contributed by atoms with Crippen LogP contribution >= 0.6 is 0 Å². The van der Waals surface area contributed by atoms with E-state index in [1.165, 1.54) is 29.8 Å². The number of nitrogens with zero attached hydrogens (tertiary/aromatic N) is 1. The number of rotatable bonds is 2. The van der Waals surface area contributed by atoms with Crippen molar-refractivity contribution in [3.63, 3.8) is 0 Å². The molecule has 0 amide bonds. The van der Waals surface area contributed by atoms with E-state index in [-0.39, 0.29) is 17.0 Å². The van der Waals surface area contributed by atoms with Gasteiger partial charge in [-0.05, 0) is 35.9 Å². The quantitative estimate of drug-likeness (QED) is 0.607. The second kappa shape index (κ2) is 5.09. The third-order valence-corrected chi connectivity index (χ3v) is 4.34. The van der Waals surface area contributed by atoms with Crippen molar-refractivity contribution in [2.45, 2.75) is 19.3 Å². The van der Waals surface area contributed by atoms with Crippen molar-refractivity contribution < 1.29 is 9.18 Å². The van der Waals surface area contributed by atoms with Gasteiger partial charge in [0.2, 0.25) is 0 Å². The van der Waals surface area contributed by atoms with Gasteiger partial charge in [0, 0.05) is 35.5 Å². The van der Waals surface area contributed by atoms with Gasteiger partial charge in [0.05, 0.1) is 0 Å². The molecule has 0 N–H and O–H groups in total. The van der Waals surface area contributed by atoms with Crippen LogP contribution in [0.2, 0.25) is 0 Å². The lowest BCUT2D eigenvalue weighted by Crippen LogP contribution is -2.24. The highest BCUT2D eigenvalue weighted by atomic mass is 19.1. The molecule has 1 aliphatic rings. The molecule has 2 nitrogen and oxygen atoms in total. The van der Waals surface area contributed by atoms with Gasteiger partial charge < -0.3 is 4.90 Å². The Bertz CT molecular complexity index is 759. The second-order valence-corrected chi connectivity index (χ2v) is 6.10.